The second-order valence-corrected chi connectivity index (χ2v) is 4.42. The zero-order valence-corrected chi connectivity index (χ0v) is 11.5. The standard InChI is InChI=1S/C11H11N5O3S/c1-19-8-5-6(3-4-7(8)16(17)18)9-13-10(12)15-11(14-9)20-2/h3-5H,1-2H3,(H2,12,13,14,15). The highest BCUT2D eigenvalue weighted by molar-refractivity contribution is 7.98. The first-order chi connectivity index (χ1) is 9.55. The van der Waals surface area contributed by atoms with Crippen LogP contribution in [0.25, 0.3) is 11.4 Å². The summed E-state index contributed by atoms with van der Waals surface area (Å²) in [5.74, 6) is 0.573. The number of aromatic nitrogens is 3. The number of nitrogens with two attached hydrogens (primary N) is 1. The predicted octanol–water partition coefficient (Wildman–Crippen LogP) is 1.76. The number of methoxy groups -OCH3 is 1. The molecule has 0 aliphatic rings. The van der Waals surface area contributed by atoms with Gasteiger partial charge in [-0.1, -0.05) is 11.8 Å². The molecule has 0 saturated heterocycles. The van der Waals surface area contributed by atoms with Crippen LogP contribution in [-0.2, 0) is 0 Å². The molecule has 104 valence electrons. The van der Waals surface area contributed by atoms with Gasteiger partial charge in [0.2, 0.25) is 5.95 Å². The lowest BCUT2D eigenvalue weighted by atomic mass is 10.2. The Labute approximate surface area is 118 Å². The summed E-state index contributed by atoms with van der Waals surface area (Å²) < 4.78 is 5.01. The van der Waals surface area contributed by atoms with E-state index in [-0.39, 0.29) is 17.4 Å². The first kappa shape index (κ1) is 14.0. The van der Waals surface area contributed by atoms with Crippen molar-refractivity contribution in [2.24, 2.45) is 0 Å². The quantitative estimate of drug-likeness (QED) is 0.514. The molecule has 0 fully saturated rings. The summed E-state index contributed by atoms with van der Waals surface area (Å²) in [7, 11) is 1.36. The fraction of sp³-hybridized carbons (Fsp3) is 0.182. The lowest BCUT2D eigenvalue weighted by Crippen LogP contribution is -2.02. The number of ether oxygens (including phenoxy) is 1. The van der Waals surface area contributed by atoms with E-state index in [2.05, 4.69) is 15.0 Å². The minimum atomic E-state index is -0.516. The molecule has 0 atom stereocenters. The lowest BCUT2D eigenvalue weighted by Gasteiger charge is -2.06. The third kappa shape index (κ3) is 2.77. The average molecular weight is 293 g/mol. The Hall–Kier alpha value is -2.42. The molecule has 1 heterocycles. The van der Waals surface area contributed by atoms with E-state index in [1.54, 1.807) is 6.07 Å². The number of rotatable bonds is 4. The van der Waals surface area contributed by atoms with Gasteiger partial charge < -0.3 is 10.5 Å². The van der Waals surface area contributed by atoms with E-state index < -0.39 is 4.92 Å². The second-order valence-electron chi connectivity index (χ2n) is 3.65. The van der Waals surface area contributed by atoms with Crippen LogP contribution in [0.2, 0.25) is 0 Å². The molecular formula is C11H11N5O3S. The van der Waals surface area contributed by atoms with E-state index in [0.29, 0.717) is 16.5 Å². The summed E-state index contributed by atoms with van der Waals surface area (Å²) >= 11 is 1.33. The highest BCUT2D eigenvalue weighted by Crippen LogP contribution is 2.31. The molecule has 20 heavy (non-hydrogen) atoms. The molecule has 8 nitrogen and oxygen atoms in total. The number of hydrogen-bond acceptors (Lipinski definition) is 8. The molecule has 9 heteroatoms. The third-order valence-electron chi connectivity index (χ3n) is 2.45. The van der Waals surface area contributed by atoms with Crippen molar-refractivity contribution < 1.29 is 9.66 Å². The summed E-state index contributed by atoms with van der Waals surface area (Å²) in [5, 5.41) is 11.3. The molecule has 0 bridgehead atoms. The summed E-state index contributed by atoms with van der Waals surface area (Å²) in [5.41, 5.74) is 6.05. The van der Waals surface area contributed by atoms with Crippen LogP contribution in [0.5, 0.6) is 5.75 Å². The molecular weight excluding hydrogens is 282 g/mol. The van der Waals surface area contributed by atoms with E-state index in [1.807, 2.05) is 6.26 Å². The first-order valence-electron chi connectivity index (χ1n) is 5.43. The van der Waals surface area contributed by atoms with E-state index >= 15 is 0 Å². The Morgan fingerprint density at radius 1 is 1.35 bits per heavy atom. The molecule has 2 N–H and O–H groups in total. The molecule has 0 radical (unpaired) electrons. The van der Waals surface area contributed by atoms with E-state index in [1.165, 1.54) is 31.0 Å². The van der Waals surface area contributed by atoms with Crippen LogP contribution in [0.4, 0.5) is 11.6 Å². The number of nitrogens with zero attached hydrogens (tertiary/aromatic N) is 4. The zero-order chi connectivity index (χ0) is 14.7. The molecule has 1 aromatic heterocycles. The van der Waals surface area contributed by atoms with Gasteiger partial charge in [0, 0.05) is 11.6 Å². The summed E-state index contributed by atoms with van der Waals surface area (Å²) in [6.45, 7) is 0. The van der Waals surface area contributed by atoms with Crippen molar-refractivity contribution in [3.8, 4) is 17.1 Å². The molecule has 0 unspecified atom stereocenters. The number of hydrogen-bond donors (Lipinski definition) is 1. The fourth-order valence-corrected chi connectivity index (χ4v) is 1.92. The SMILES string of the molecule is COc1cc(-c2nc(N)nc(SC)n2)ccc1[N+](=O)[O-]. The van der Waals surface area contributed by atoms with Crippen molar-refractivity contribution in [1.82, 2.24) is 15.0 Å². The lowest BCUT2D eigenvalue weighted by molar-refractivity contribution is -0.385. The van der Waals surface area contributed by atoms with Crippen molar-refractivity contribution in [2.45, 2.75) is 5.16 Å². The Kier molecular flexibility index (Phi) is 3.99. The van der Waals surface area contributed by atoms with Gasteiger partial charge in [-0.15, -0.1) is 0 Å². The summed E-state index contributed by atoms with van der Waals surface area (Å²) in [4.78, 5) is 22.5. The third-order valence-corrected chi connectivity index (χ3v) is 3.00. The van der Waals surface area contributed by atoms with Crippen LogP contribution >= 0.6 is 11.8 Å². The minimum absolute atomic E-state index is 0.0941. The summed E-state index contributed by atoms with van der Waals surface area (Å²) in [6.07, 6.45) is 1.81. The van der Waals surface area contributed by atoms with Crippen molar-refractivity contribution in [3.63, 3.8) is 0 Å². The van der Waals surface area contributed by atoms with Gasteiger partial charge in [-0.05, 0) is 18.4 Å². The van der Waals surface area contributed by atoms with Crippen LogP contribution in [0, 0.1) is 10.1 Å². The molecule has 2 aromatic rings. The van der Waals surface area contributed by atoms with Crippen LogP contribution in [-0.4, -0.2) is 33.2 Å². The van der Waals surface area contributed by atoms with Crippen molar-refractivity contribution in [1.29, 1.82) is 0 Å². The smallest absolute Gasteiger partial charge is 0.310 e. The Bertz CT molecular complexity index is 665. The number of nitrogen functional groups attached to an aromatic ring is 1. The van der Waals surface area contributed by atoms with E-state index in [4.69, 9.17) is 10.5 Å². The highest BCUT2D eigenvalue weighted by Gasteiger charge is 2.16. The number of anilines is 1. The molecule has 2 rings (SSSR count). The molecule has 0 saturated carbocycles. The molecule has 0 amide bonds. The monoisotopic (exact) mass is 293 g/mol. The molecule has 1 aromatic carbocycles. The number of nitro groups is 1. The Morgan fingerprint density at radius 3 is 2.70 bits per heavy atom. The maximum absolute atomic E-state index is 10.8. The Balaban J connectivity index is 2.53. The zero-order valence-electron chi connectivity index (χ0n) is 10.7. The first-order valence-corrected chi connectivity index (χ1v) is 6.66. The van der Waals surface area contributed by atoms with Crippen LogP contribution in [0.3, 0.4) is 0 Å². The van der Waals surface area contributed by atoms with Crippen molar-refractivity contribution in [2.75, 3.05) is 19.1 Å². The maximum Gasteiger partial charge on any atom is 0.310 e. The van der Waals surface area contributed by atoms with Crippen molar-refractivity contribution in [3.05, 3.63) is 28.3 Å². The normalized spacial score (nSPS) is 10.3. The minimum Gasteiger partial charge on any atom is -0.490 e. The largest absolute Gasteiger partial charge is 0.490 e. The van der Waals surface area contributed by atoms with Crippen LogP contribution in [0.15, 0.2) is 23.4 Å². The molecule has 0 spiro atoms. The van der Waals surface area contributed by atoms with Gasteiger partial charge in [0.25, 0.3) is 0 Å². The highest BCUT2D eigenvalue weighted by atomic mass is 32.2. The number of benzene rings is 1. The van der Waals surface area contributed by atoms with Crippen LogP contribution < -0.4 is 10.5 Å². The molecule has 0 aliphatic carbocycles. The van der Waals surface area contributed by atoms with Gasteiger partial charge in [-0.3, -0.25) is 10.1 Å². The van der Waals surface area contributed by atoms with E-state index in [9.17, 15) is 10.1 Å². The van der Waals surface area contributed by atoms with Gasteiger partial charge in [-0.2, -0.15) is 9.97 Å². The van der Waals surface area contributed by atoms with Gasteiger partial charge >= 0.3 is 5.69 Å². The number of thioether (sulfide) groups is 1. The van der Waals surface area contributed by atoms with E-state index in [0.717, 1.165) is 0 Å². The second kappa shape index (κ2) is 5.70. The Morgan fingerprint density at radius 2 is 2.10 bits per heavy atom. The van der Waals surface area contributed by atoms with Gasteiger partial charge in [0.05, 0.1) is 12.0 Å². The average Bonchev–Trinajstić information content (AvgIpc) is 2.45. The summed E-state index contributed by atoms with van der Waals surface area (Å²) in [6, 6.07) is 4.38. The van der Waals surface area contributed by atoms with Gasteiger partial charge in [0.1, 0.15) is 0 Å². The maximum atomic E-state index is 10.8. The number of nitro benzene ring substituents is 1. The van der Waals surface area contributed by atoms with Crippen LogP contribution in [0.1, 0.15) is 0 Å². The fourth-order valence-electron chi connectivity index (χ4n) is 1.56. The van der Waals surface area contributed by atoms with Crippen molar-refractivity contribution >= 4 is 23.4 Å². The van der Waals surface area contributed by atoms with Gasteiger partial charge in [-0.25, -0.2) is 4.98 Å². The topological polar surface area (TPSA) is 117 Å². The predicted molar refractivity (Wildman–Crippen MR) is 74.7 cm³/mol. The van der Waals surface area contributed by atoms with Gasteiger partial charge in [0.15, 0.2) is 16.7 Å². The molecule has 0 aliphatic heterocycles.